The summed E-state index contributed by atoms with van der Waals surface area (Å²) in [7, 11) is 0. The number of hydrogen-bond donors (Lipinski definition) is 2. The van der Waals surface area contributed by atoms with Gasteiger partial charge in [0.15, 0.2) is 0 Å². The zero-order valence-corrected chi connectivity index (χ0v) is 12.9. The average Bonchev–Trinajstić information content (AvgIpc) is 3.04. The van der Waals surface area contributed by atoms with Crippen molar-refractivity contribution in [3.05, 3.63) is 66.2 Å². The van der Waals surface area contributed by atoms with Gasteiger partial charge in [-0.15, -0.1) is 0 Å². The number of aliphatic hydroxyl groups excluding tert-OH is 1. The Labute approximate surface area is 134 Å². The van der Waals surface area contributed by atoms with Crippen LogP contribution in [0.1, 0.15) is 25.0 Å². The summed E-state index contributed by atoms with van der Waals surface area (Å²) in [4.78, 5) is 0. The minimum atomic E-state index is -0.528. The number of para-hydroxylation sites is 1. The first-order valence-electron chi connectivity index (χ1n) is 7.57. The highest BCUT2D eigenvalue weighted by Gasteiger charge is 2.15. The van der Waals surface area contributed by atoms with Gasteiger partial charge in [-0.2, -0.15) is 4.68 Å². The van der Waals surface area contributed by atoms with Crippen LogP contribution in [0.25, 0.3) is 5.69 Å². The van der Waals surface area contributed by atoms with Gasteiger partial charge in [-0.25, -0.2) is 0 Å². The van der Waals surface area contributed by atoms with E-state index in [-0.39, 0.29) is 6.04 Å². The van der Waals surface area contributed by atoms with Gasteiger partial charge in [-0.3, -0.25) is 0 Å². The van der Waals surface area contributed by atoms with Gasteiger partial charge >= 0.3 is 0 Å². The maximum Gasteiger partial charge on any atom is 0.247 e. The van der Waals surface area contributed by atoms with E-state index in [9.17, 15) is 5.11 Å². The molecule has 2 aromatic carbocycles. The van der Waals surface area contributed by atoms with Gasteiger partial charge in [0.2, 0.25) is 5.95 Å². The second kappa shape index (κ2) is 7.02. The maximum atomic E-state index is 10.3. The third-order valence-electron chi connectivity index (χ3n) is 3.61. The van der Waals surface area contributed by atoms with E-state index >= 15 is 0 Å². The Hall–Kier alpha value is -2.73. The van der Waals surface area contributed by atoms with Gasteiger partial charge in [0.05, 0.1) is 11.8 Å². The molecular formula is C17H19N5O. The molecule has 3 rings (SSSR count). The molecule has 0 aliphatic rings. The largest absolute Gasteiger partial charge is 0.388 e. The molecule has 6 heteroatoms. The van der Waals surface area contributed by atoms with Crippen molar-refractivity contribution >= 4 is 5.95 Å². The van der Waals surface area contributed by atoms with Crippen LogP contribution in [0, 0.1) is 0 Å². The van der Waals surface area contributed by atoms with Crippen LogP contribution in [0.5, 0.6) is 0 Å². The number of anilines is 1. The average molecular weight is 309 g/mol. The van der Waals surface area contributed by atoms with Crippen molar-refractivity contribution in [3.8, 4) is 5.69 Å². The fourth-order valence-electron chi connectivity index (χ4n) is 2.45. The van der Waals surface area contributed by atoms with E-state index in [2.05, 4.69) is 20.8 Å². The van der Waals surface area contributed by atoms with Crippen molar-refractivity contribution in [1.82, 2.24) is 20.2 Å². The summed E-state index contributed by atoms with van der Waals surface area (Å²) >= 11 is 0. The van der Waals surface area contributed by atoms with Gasteiger partial charge in [-0.05, 0) is 41.5 Å². The molecule has 0 spiro atoms. The van der Waals surface area contributed by atoms with Crippen molar-refractivity contribution in [2.45, 2.75) is 25.5 Å². The lowest BCUT2D eigenvalue weighted by atomic mass is 10.0. The SMILES string of the molecule is CC(CC(O)c1ccccc1)Nc1nnnn1-c1ccccc1. The number of aliphatic hydroxyl groups is 1. The van der Waals surface area contributed by atoms with Crippen molar-refractivity contribution in [2.75, 3.05) is 5.32 Å². The topological polar surface area (TPSA) is 75.9 Å². The van der Waals surface area contributed by atoms with Gasteiger partial charge in [0.1, 0.15) is 0 Å². The van der Waals surface area contributed by atoms with Crippen LogP contribution >= 0.6 is 0 Å². The predicted octanol–water partition coefficient (Wildman–Crippen LogP) is 2.59. The van der Waals surface area contributed by atoms with E-state index in [1.807, 2.05) is 67.6 Å². The van der Waals surface area contributed by atoms with Crippen LogP contribution in [-0.4, -0.2) is 31.4 Å². The summed E-state index contributed by atoms with van der Waals surface area (Å²) in [6.45, 7) is 2.00. The van der Waals surface area contributed by atoms with Crippen LogP contribution in [-0.2, 0) is 0 Å². The standard InChI is InChI=1S/C17H19N5O/c1-13(12-16(23)14-8-4-2-5-9-14)18-17-19-20-21-22(17)15-10-6-3-7-11-15/h2-11,13,16,23H,12H2,1H3,(H,18,19,21). The van der Waals surface area contributed by atoms with Crippen LogP contribution in [0.2, 0.25) is 0 Å². The van der Waals surface area contributed by atoms with E-state index in [0.717, 1.165) is 11.3 Å². The number of aromatic nitrogens is 4. The fourth-order valence-corrected chi connectivity index (χ4v) is 2.45. The molecule has 2 N–H and O–H groups in total. The summed E-state index contributed by atoms with van der Waals surface area (Å²) in [5.74, 6) is 0.559. The summed E-state index contributed by atoms with van der Waals surface area (Å²) in [5, 5.41) is 25.3. The quantitative estimate of drug-likeness (QED) is 0.732. The Morgan fingerprint density at radius 2 is 1.70 bits per heavy atom. The lowest BCUT2D eigenvalue weighted by Crippen LogP contribution is -2.21. The molecule has 23 heavy (non-hydrogen) atoms. The van der Waals surface area contributed by atoms with Crippen molar-refractivity contribution in [2.24, 2.45) is 0 Å². The molecule has 0 aliphatic heterocycles. The molecule has 0 fully saturated rings. The van der Waals surface area contributed by atoms with Gasteiger partial charge in [0.25, 0.3) is 0 Å². The Morgan fingerprint density at radius 3 is 2.39 bits per heavy atom. The molecular weight excluding hydrogens is 290 g/mol. The smallest absolute Gasteiger partial charge is 0.247 e. The highest BCUT2D eigenvalue weighted by atomic mass is 16.3. The number of rotatable bonds is 6. The van der Waals surface area contributed by atoms with Crippen LogP contribution in [0.4, 0.5) is 5.95 Å². The third-order valence-corrected chi connectivity index (χ3v) is 3.61. The van der Waals surface area contributed by atoms with E-state index in [4.69, 9.17) is 0 Å². The third kappa shape index (κ3) is 3.73. The molecule has 2 atom stereocenters. The Morgan fingerprint density at radius 1 is 1.04 bits per heavy atom. The molecule has 118 valence electrons. The van der Waals surface area contributed by atoms with Crippen LogP contribution in [0.15, 0.2) is 60.7 Å². The molecule has 6 nitrogen and oxygen atoms in total. The lowest BCUT2D eigenvalue weighted by molar-refractivity contribution is 0.162. The predicted molar refractivity (Wildman–Crippen MR) is 88.3 cm³/mol. The number of nitrogens with one attached hydrogen (secondary N) is 1. The summed E-state index contributed by atoms with van der Waals surface area (Å²) < 4.78 is 1.64. The molecule has 0 bridgehead atoms. The highest BCUT2D eigenvalue weighted by Crippen LogP contribution is 2.20. The van der Waals surface area contributed by atoms with Crippen LogP contribution in [0.3, 0.4) is 0 Å². The summed E-state index contributed by atoms with van der Waals surface area (Å²) in [6.07, 6.45) is 0.0332. The van der Waals surface area contributed by atoms with Gasteiger partial charge in [-0.1, -0.05) is 53.6 Å². The van der Waals surface area contributed by atoms with Crippen LogP contribution < -0.4 is 5.32 Å². The highest BCUT2D eigenvalue weighted by molar-refractivity contribution is 5.38. The first-order chi connectivity index (χ1) is 11.2. The van der Waals surface area contributed by atoms with Gasteiger partial charge < -0.3 is 10.4 Å². The fraction of sp³-hybridized carbons (Fsp3) is 0.235. The zero-order valence-electron chi connectivity index (χ0n) is 12.9. The van der Waals surface area contributed by atoms with E-state index in [0.29, 0.717) is 12.4 Å². The molecule has 0 aliphatic carbocycles. The normalized spacial score (nSPS) is 13.5. The first kappa shape index (κ1) is 15.2. The second-order valence-corrected chi connectivity index (χ2v) is 5.46. The molecule has 2 unspecified atom stereocenters. The molecule has 0 radical (unpaired) electrons. The number of nitrogens with zero attached hydrogens (tertiary/aromatic N) is 4. The number of tetrazole rings is 1. The number of benzene rings is 2. The molecule has 0 amide bonds. The van der Waals surface area contributed by atoms with Crippen molar-refractivity contribution in [1.29, 1.82) is 0 Å². The van der Waals surface area contributed by atoms with E-state index in [1.165, 1.54) is 0 Å². The van der Waals surface area contributed by atoms with Crippen molar-refractivity contribution in [3.63, 3.8) is 0 Å². The monoisotopic (exact) mass is 309 g/mol. The minimum absolute atomic E-state index is 0.0127. The summed E-state index contributed by atoms with van der Waals surface area (Å²) in [6, 6.07) is 19.3. The Bertz CT molecular complexity index is 729. The second-order valence-electron chi connectivity index (χ2n) is 5.46. The molecule has 1 aromatic heterocycles. The number of hydrogen-bond acceptors (Lipinski definition) is 5. The van der Waals surface area contributed by atoms with Crippen molar-refractivity contribution < 1.29 is 5.11 Å². The van der Waals surface area contributed by atoms with E-state index < -0.39 is 6.10 Å². The Balaban J connectivity index is 1.67. The van der Waals surface area contributed by atoms with Gasteiger partial charge in [0, 0.05) is 6.04 Å². The summed E-state index contributed by atoms with van der Waals surface area (Å²) in [5.41, 5.74) is 1.79. The molecule has 1 heterocycles. The molecule has 3 aromatic rings. The molecule has 0 saturated heterocycles. The van der Waals surface area contributed by atoms with E-state index in [1.54, 1.807) is 4.68 Å². The first-order valence-corrected chi connectivity index (χ1v) is 7.57. The zero-order chi connectivity index (χ0) is 16.1. The minimum Gasteiger partial charge on any atom is -0.388 e. The molecule has 0 saturated carbocycles. The lowest BCUT2D eigenvalue weighted by Gasteiger charge is -2.18. The Kier molecular flexibility index (Phi) is 4.63. The maximum absolute atomic E-state index is 10.3.